The molecule has 0 bridgehead atoms. The molecule has 3 aromatic rings. The lowest BCUT2D eigenvalue weighted by Gasteiger charge is -2.16. The van der Waals surface area contributed by atoms with E-state index >= 15 is 0 Å². The maximum atomic E-state index is 12.3. The van der Waals surface area contributed by atoms with Crippen LogP contribution in [-0.4, -0.2) is 13.1 Å². The molecule has 2 N–H and O–H groups in total. The number of methoxy groups -OCH3 is 1. The van der Waals surface area contributed by atoms with Gasteiger partial charge in [-0.1, -0.05) is 60.7 Å². The topological polar surface area (TPSA) is 59.6 Å². The average Bonchev–Trinajstić information content (AvgIpc) is 2.73. The number of rotatable bonds is 7. The summed E-state index contributed by atoms with van der Waals surface area (Å²) >= 11 is 0. The summed E-state index contributed by atoms with van der Waals surface area (Å²) in [4.78, 5) is 12.3. The van der Waals surface area contributed by atoms with E-state index in [0.29, 0.717) is 23.8 Å². The monoisotopic (exact) mass is 376 g/mol. The van der Waals surface area contributed by atoms with Gasteiger partial charge in [-0.05, 0) is 30.2 Å². The van der Waals surface area contributed by atoms with E-state index in [0.717, 1.165) is 11.1 Å². The lowest BCUT2D eigenvalue weighted by Crippen LogP contribution is -2.31. The summed E-state index contributed by atoms with van der Waals surface area (Å²) in [5.74, 6) is 1.18. The Labute approximate surface area is 165 Å². The quantitative estimate of drug-likeness (QED) is 0.599. The second-order valence-corrected chi connectivity index (χ2v) is 6.37. The lowest BCUT2D eigenvalue weighted by atomic mass is 10.1. The Hall–Kier alpha value is -3.47. The molecule has 0 aliphatic heterocycles. The molecule has 0 radical (unpaired) electrons. The first-order valence-corrected chi connectivity index (χ1v) is 9.13. The number of urea groups is 1. The zero-order valence-corrected chi connectivity index (χ0v) is 16.0. The van der Waals surface area contributed by atoms with Crippen molar-refractivity contribution in [2.24, 2.45) is 0 Å². The molecule has 5 heteroatoms. The van der Waals surface area contributed by atoms with Crippen LogP contribution in [0.5, 0.6) is 11.5 Å². The third-order valence-corrected chi connectivity index (χ3v) is 4.31. The number of hydrogen-bond donors (Lipinski definition) is 2. The van der Waals surface area contributed by atoms with E-state index in [2.05, 4.69) is 10.6 Å². The molecule has 3 rings (SSSR count). The Kier molecular flexibility index (Phi) is 6.52. The molecule has 0 aromatic heterocycles. The summed E-state index contributed by atoms with van der Waals surface area (Å²) < 4.78 is 11.3. The predicted molar refractivity (Wildman–Crippen MR) is 111 cm³/mol. The maximum Gasteiger partial charge on any atom is 0.319 e. The lowest BCUT2D eigenvalue weighted by molar-refractivity contribution is 0.249. The molecular formula is C23H24N2O3. The Morgan fingerprint density at radius 3 is 2.29 bits per heavy atom. The van der Waals surface area contributed by atoms with Crippen LogP contribution in [0.1, 0.15) is 24.1 Å². The number of nitrogens with one attached hydrogen (secondary N) is 2. The van der Waals surface area contributed by atoms with Crippen molar-refractivity contribution in [2.45, 2.75) is 19.6 Å². The third kappa shape index (κ3) is 5.27. The Morgan fingerprint density at radius 2 is 1.61 bits per heavy atom. The van der Waals surface area contributed by atoms with Gasteiger partial charge >= 0.3 is 6.03 Å². The molecule has 0 saturated heterocycles. The smallest absolute Gasteiger partial charge is 0.319 e. The fourth-order valence-electron chi connectivity index (χ4n) is 2.79. The number of hydrogen-bond acceptors (Lipinski definition) is 3. The van der Waals surface area contributed by atoms with Crippen molar-refractivity contribution >= 4 is 11.7 Å². The molecule has 5 nitrogen and oxygen atoms in total. The highest BCUT2D eigenvalue weighted by molar-refractivity contribution is 5.89. The van der Waals surface area contributed by atoms with Crippen molar-refractivity contribution in [1.82, 2.24) is 5.32 Å². The minimum absolute atomic E-state index is 0.103. The van der Waals surface area contributed by atoms with E-state index in [-0.39, 0.29) is 12.1 Å². The highest BCUT2D eigenvalue weighted by Crippen LogP contribution is 2.31. The summed E-state index contributed by atoms with van der Waals surface area (Å²) in [7, 11) is 1.59. The zero-order valence-electron chi connectivity index (χ0n) is 16.0. The average molecular weight is 376 g/mol. The minimum Gasteiger partial charge on any atom is -0.493 e. The normalized spacial score (nSPS) is 11.4. The SMILES string of the molecule is COc1ccc(NC(=O)N[C@@H](C)c2ccccc2)cc1OCc1ccccc1. The number of benzene rings is 3. The van der Waals surface area contributed by atoms with E-state index in [1.54, 1.807) is 25.3 Å². The van der Waals surface area contributed by atoms with Crippen LogP contribution in [0.3, 0.4) is 0 Å². The number of ether oxygens (including phenoxy) is 2. The maximum absolute atomic E-state index is 12.3. The first kappa shape index (κ1) is 19.3. The largest absolute Gasteiger partial charge is 0.493 e. The fourth-order valence-corrected chi connectivity index (χ4v) is 2.79. The van der Waals surface area contributed by atoms with E-state index in [1.807, 2.05) is 67.6 Å². The standard InChI is InChI=1S/C23H24N2O3/c1-17(19-11-7-4-8-12-19)24-23(26)25-20-13-14-21(27-2)22(15-20)28-16-18-9-5-3-6-10-18/h3-15,17H,16H2,1-2H3,(H2,24,25,26)/t17-/m0/s1. The molecule has 144 valence electrons. The van der Waals surface area contributed by atoms with E-state index in [9.17, 15) is 4.79 Å². The molecule has 28 heavy (non-hydrogen) atoms. The van der Waals surface area contributed by atoms with Gasteiger partial charge in [0.15, 0.2) is 11.5 Å². The Morgan fingerprint density at radius 1 is 0.929 bits per heavy atom. The molecule has 0 unspecified atom stereocenters. The van der Waals surface area contributed by atoms with Crippen molar-refractivity contribution in [3.63, 3.8) is 0 Å². The summed E-state index contributed by atoms with van der Waals surface area (Å²) in [6.45, 7) is 2.36. The highest BCUT2D eigenvalue weighted by Gasteiger charge is 2.11. The van der Waals surface area contributed by atoms with Crippen LogP contribution in [0, 0.1) is 0 Å². The predicted octanol–water partition coefficient (Wildman–Crippen LogP) is 5.16. The fraction of sp³-hybridized carbons (Fsp3) is 0.174. The van der Waals surface area contributed by atoms with Crippen LogP contribution in [0.2, 0.25) is 0 Å². The first-order chi connectivity index (χ1) is 13.7. The van der Waals surface area contributed by atoms with E-state index in [4.69, 9.17) is 9.47 Å². The van der Waals surface area contributed by atoms with Gasteiger partial charge in [-0.25, -0.2) is 4.79 Å². The minimum atomic E-state index is -0.282. The number of anilines is 1. The van der Waals surface area contributed by atoms with Gasteiger partial charge in [-0.15, -0.1) is 0 Å². The Bertz CT molecular complexity index is 898. The van der Waals surface area contributed by atoms with Crippen LogP contribution >= 0.6 is 0 Å². The molecule has 0 saturated carbocycles. The summed E-state index contributed by atoms with van der Waals surface area (Å²) in [6.07, 6.45) is 0. The second kappa shape index (κ2) is 9.46. The number of carbonyl (C=O) groups is 1. The molecule has 2 amide bonds. The molecular weight excluding hydrogens is 352 g/mol. The Balaban J connectivity index is 1.64. The van der Waals surface area contributed by atoms with Crippen LogP contribution < -0.4 is 20.1 Å². The molecule has 3 aromatic carbocycles. The molecule has 0 aliphatic rings. The summed E-state index contributed by atoms with van der Waals surface area (Å²) in [5.41, 5.74) is 2.72. The van der Waals surface area contributed by atoms with Gasteiger partial charge in [0, 0.05) is 11.8 Å². The van der Waals surface area contributed by atoms with Crippen molar-refractivity contribution in [3.05, 3.63) is 90.0 Å². The van der Waals surface area contributed by atoms with E-state index in [1.165, 1.54) is 0 Å². The van der Waals surface area contributed by atoms with Gasteiger partial charge < -0.3 is 20.1 Å². The van der Waals surface area contributed by atoms with Crippen LogP contribution in [0.25, 0.3) is 0 Å². The van der Waals surface area contributed by atoms with Gasteiger partial charge in [-0.2, -0.15) is 0 Å². The van der Waals surface area contributed by atoms with Crippen molar-refractivity contribution in [2.75, 3.05) is 12.4 Å². The van der Waals surface area contributed by atoms with Gasteiger partial charge in [0.25, 0.3) is 0 Å². The highest BCUT2D eigenvalue weighted by atomic mass is 16.5. The first-order valence-electron chi connectivity index (χ1n) is 9.13. The van der Waals surface area contributed by atoms with Crippen LogP contribution in [0.15, 0.2) is 78.9 Å². The molecule has 0 fully saturated rings. The van der Waals surface area contributed by atoms with Gasteiger partial charge in [-0.3, -0.25) is 0 Å². The molecule has 0 spiro atoms. The second-order valence-electron chi connectivity index (χ2n) is 6.37. The van der Waals surface area contributed by atoms with E-state index < -0.39 is 0 Å². The molecule has 0 heterocycles. The zero-order chi connectivity index (χ0) is 19.8. The summed E-state index contributed by atoms with van der Waals surface area (Å²) in [6, 6.07) is 24.6. The van der Waals surface area contributed by atoms with Crippen molar-refractivity contribution < 1.29 is 14.3 Å². The number of carbonyl (C=O) groups excluding carboxylic acids is 1. The summed E-state index contributed by atoms with van der Waals surface area (Å²) in [5, 5.41) is 5.78. The van der Waals surface area contributed by atoms with Crippen LogP contribution in [0.4, 0.5) is 10.5 Å². The molecule has 1 atom stereocenters. The van der Waals surface area contributed by atoms with Gasteiger partial charge in [0.2, 0.25) is 0 Å². The third-order valence-electron chi connectivity index (χ3n) is 4.31. The van der Waals surface area contributed by atoms with Crippen LogP contribution in [-0.2, 0) is 6.61 Å². The van der Waals surface area contributed by atoms with Gasteiger partial charge in [0.1, 0.15) is 6.61 Å². The number of amides is 2. The van der Waals surface area contributed by atoms with Gasteiger partial charge in [0.05, 0.1) is 13.2 Å². The van der Waals surface area contributed by atoms with Crippen molar-refractivity contribution in [3.8, 4) is 11.5 Å². The van der Waals surface area contributed by atoms with Crippen molar-refractivity contribution in [1.29, 1.82) is 0 Å². The molecule has 0 aliphatic carbocycles.